The first-order valence-electron chi connectivity index (χ1n) is 8.90. The second-order valence-corrected chi connectivity index (χ2v) is 6.28. The van der Waals surface area contributed by atoms with Crippen LogP contribution in [0.4, 0.5) is 5.69 Å². The van der Waals surface area contributed by atoms with E-state index in [2.05, 4.69) is 4.74 Å². The molecule has 10 nitrogen and oxygen atoms in total. The van der Waals surface area contributed by atoms with Gasteiger partial charge >= 0.3 is 5.97 Å². The van der Waals surface area contributed by atoms with E-state index < -0.39 is 16.5 Å². The first-order valence-corrected chi connectivity index (χ1v) is 8.90. The predicted octanol–water partition coefficient (Wildman–Crippen LogP) is 1.53. The largest absolute Gasteiger partial charge is 0.493 e. The van der Waals surface area contributed by atoms with E-state index in [0.717, 1.165) is 12.5 Å². The second kappa shape index (κ2) is 9.88. The monoisotopic (exact) mass is 396 g/mol. The number of aliphatic hydroxyl groups excluding tert-OH is 1. The molecule has 10 heteroatoms. The fourth-order valence-corrected chi connectivity index (χ4v) is 3.09. The number of benzene rings is 1. The van der Waals surface area contributed by atoms with Gasteiger partial charge in [-0.05, 0) is 19.3 Å². The lowest BCUT2D eigenvalue weighted by Gasteiger charge is -2.23. The van der Waals surface area contributed by atoms with Gasteiger partial charge in [0.2, 0.25) is 0 Å². The zero-order chi connectivity index (χ0) is 20.7. The number of carbonyl (C=O) groups is 2. The number of aliphatic hydroxyl groups is 1. The lowest BCUT2D eigenvalue weighted by Crippen LogP contribution is -2.37. The van der Waals surface area contributed by atoms with Crippen molar-refractivity contribution in [3.05, 3.63) is 27.8 Å². The second-order valence-electron chi connectivity index (χ2n) is 6.28. The Balaban J connectivity index is 2.25. The smallest absolute Gasteiger partial charge is 0.305 e. The minimum Gasteiger partial charge on any atom is -0.493 e. The maximum absolute atomic E-state index is 12.9. The third-order valence-corrected chi connectivity index (χ3v) is 4.57. The molecule has 1 heterocycles. The average Bonchev–Trinajstić information content (AvgIpc) is 3.18. The summed E-state index contributed by atoms with van der Waals surface area (Å²) in [6, 6.07) is 2.07. The highest BCUT2D eigenvalue weighted by Gasteiger charge is 2.33. The molecule has 154 valence electrons. The van der Waals surface area contributed by atoms with Gasteiger partial charge in [0.25, 0.3) is 11.6 Å². The molecule has 1 atom stereocenters. The topological polar surface area (TPSA) is 128 Å². The summed E-state index contributed by atoms with van der Waals surface area (Å²) in [6.07, 6.45) is 1.88. The van der Waals surface area contributed by atoms with E-state index in [-0.39, 0.29) is 48.7 Å². The minimum absolute atomic E-state index is 0.107. The molecule has 0 radical (unpaired) electrons. The number of carbonyl (C=O) groups excluding carboxylic acids is 2. The van der Waals surface area contributed by atoms with Crippen LogP contribution in [0, 0.1) is 10.1 Å². The molecule has 0 saturated carbocycles. The van der Waals surface area contributed by atoms with Crippen LogP contribution in [0.1, 0.15) is 36.0 Å². The van der Waals surface area contributed by atoms with Gasteiger partial charge in [0.05, 0.1) is 44.5 Å². The fraction of sp³-hybridized carbons (Fsp3) is 0.556. The van der Waals surface area contributed by atoms with E-state index >= 15 is 0 Å². The fourth-order valence-electron chi connectivity index (χ4n) is 3.09. The standard InChI is InChI=1S/C18H24N2O8/c1-26-15-9-13(18(23)19-7-3-5-12(19)11-21)14(20(24)25)10-16(15)28-8-4-6-17(22)27-2/h9-10,12,21H,3-8,11H2,1-2H3. The van der Waals surface area contributed by atoms with Crippen molar-refractivity contribution in [3.8, 4) is 11.5 Å². The third kappa shape index (κ3) is 4.89. The summed E-state index contributed by atoms with van der Waals surface area (Å²) in [7, 11) is 2.65. The number of nitrogens with zero attached hydrogens (tertiary/aromatic N) is 2. The summed E-state index contributed by atoms with van der Waals surface area (Å²) < 4.78 is 15.3. The average molecular weight is 396 g/mol. The zero-order valence-corrected chi connectivity index (χ0v) is 15.9. The van der Waals surface area contributed by atoms with Crippen LogP contribution in [-0.2, 0) is 9.53 Å². The Morgan fingerprint density at radius 2 is 2.07 bits per heavy atom. The molecule has 0 spiro atoms. The molecule has 1 aliphatic rings. The van der Waals surface area contributed by atoms with E-state index in [4.69, 9.17) is 9.47 Å². The summed E-state index contributed by atoms with van der Waals surface area (Å²) >= 11 is 0. The van der Waals surface area contributed by atoms with E-state index in [1.807, 2.05) is 0 Å². The number of likely N-dealkylation sites (tertiary alicyclic amines) is 1. The van der Waals surface area contributed by atoms with Crippen molar-refractivity contribution in [2.24, 2.45) is 0 Å². The first-order chi connectivity index (χ1) is 13.4. The van der Waals surface area contributed by atoms with Gasteiger partial charge in [0, 0.05) is 19.0 Å². The van der Waals surface area contributed by atoms with E-state index in [1.54, 1.807) is 0 Å². The molecule has 0 aliphatic carbocycles. The number of hydrogen-bond acceptors (Lipinski definition) is 8. The number of rotatable bonds is 9. The Kier molecular flexibility index (Phi) is 7.56. The van der Waals surface area contributed by atoms with E-state index in [0.29, 0.717) is 19.4 Å². The maximum Gasteiger partial charge on any atom is 0.305 e. The third-order valence-electron chi connectivity index (χ3n) is 4.57. The number of esters is 1. The molecule has 1 aliphatic heterocycles. The zero-order valence-electron chi connectivity index (χ0n) is 15.9. The Labute approximate surface area is 162 Å². The van der Waals surface area contributed by atoms with Gasteiger partial charge in [-0.3, -0.25) is 19.7 Å². The SMILES string of the molecule is COC(=O)CCCOc1cc([N+](=O)[O-])c(C(=O)N2CCCC2CO)cc1OC. The molecule has 1 aromatic carbocycles. The number of ether oxygens (including phenoxy) is 3. The number of methoxy groups -OCH3 is 2. The van der Waals surface area contributed by atoms with Gasteiger partial charge in [0.1, 0.15) is 5.56 Å². The Morgan fingerprint density at radius 1 is 1.32 bits per heavy atom. The summed E-state index contributed by atoms with van der Waals surface area (Å²) in [5, 5.41) is 21.0. The summed E-state index contributed by atoms with van der Waals surface area (Å²) in [5.41, 5.74) is -0.526. The molecular formula is C18H24N2O8. The van der Waals surface area contributed by atoms with Crippen LogP contribution in [0.25, 0.3) is 0 Å². The lowest BCUT2D eigenvalue weighted by molar-refractivity contribution is -0.385. The van der Waals surface area contributed by atoms with Crippen molar-refractivity contribution in [3.63, 3.8) is 0 Å². The molecule has 1 amide bonds. The van der Waals surface area contributed by atoms with E-state index in [9.17, 15) is 24.8 Å². The molecule has 1 aromatic rings. The van der Waals surface area contributed by atoms with Crippen LogP contribution >= 0.6 is 0 Å². The van der Waals surface area contributed by atoms with Crippen molar-refractivity contribution < 1.29 is 33.8 Å². The normalized spacial score (nSPS) is 16.0. The highest BCUT2D eigenvalue weighted by atomic mass is 16.6. The molecular weight excluding hydrogens is 372 g/mol. The molecule has 2 rings (SSSR count). The number of amides is 1. The lowest BCUT2D eigenvalue weighted by atomic mass is 10.1. The van der Waals surface area contributed by atoms with E-state index in [1.165, 1.54) is 25.2 Å². The van der Waals surface area contributed by atoms with Crippen molar-refractivity contribution in [2.75, 3.05) is 34.0 Å². The minimum atomic E-state index is -0.655. The summed E-state index contributed by atoms with van der Waals surface area (Å²) in [6.45, 7) is 0.349. The van der Waals surface area contributed by atoms with Crippen LogP contribution in [0.3, 0.4) is 0 Å². The number of hydrogen-bond donors (Lipinski definition) is 1. The number of nitro benzene ring substituents is 1. The Hall–Kier alpha value is -2.88. The van der Waals surface area contributed by atoms with Gasteiger partial charge in [-0.15, -0.1) is 0 Å². The van der Waals surface area contributed by atoms with Crippen molar-refractivity contribution in [2.45, 2.75) is 31.7 Å². The van der Waals surface area contributed by atoms with Crippen LogP contribution < -0.4 is 9.47 Å². The highest BCUT2D eigenvalue weighted by Crippen LogP contribution is 2.36. The predicted molar refractivity (Wildman–Crippen MR) is 97.5 cm³/mol. The molecule has 0 bridgehead atoms. The van der Waals surface area contributed by atoms with Crippen molar-refractivity contribution in [1.82, 2.24) is 4.90 Å². The van der Waals surface area contributed by atoms with Crippen LogP contribution in [0.5, 0.6) is 11.5 Å². The van der Waals surface area contributed by atoms with Gasteiger partial charge in [-0.2, -0.15) is 0 Å². The Bertz CT molecular complexity index is 737. The molecule has 28 heavy (non-hydrogen) atoms. The molecule has 1 saturated heterocycles. The van der Waals surface area contributed by atoms with Gasteiger partial charge < -0.3 is 24.2 Å². The van der Waals surface area contributed by atoms with Crippen LogP contribution in [0.2, 0.25) is 0 Å². The van der Waals surface area contributed by atoms with Crippen molar-refractivity contribution in [1.29, 1.82) is 0 Å². The Morgan fingerprint density at radius 3 is 2.68 bits per heavy atom. The van der Waals surface area contributed by atoms with Gasteiger partial charge in [-0.1, -0.05) is 0 Å². The first kappa shape index (κ1) is 21.4. The number of nitro groups is 1. The maximum atomic E-state index is 12.9. The molecule has 0 aromatic heterocycles. The van der Waals surface area contributed by atoms with Gasteiger partial charge in [-0.25, -0.2) is 0 Å². The summed E-state index contributed by atoms with van der Waals surface area (Å²) in [4.78, 5) is 36.3. The van der Waals surface area contributed by atoms with Crippen LogP contribution in [-0.4, -0.2) is 66.8 Å². The highest BCUT2D eigenvalue weighted by molar-refractivity contribution is 5.99. The van der Waals surface area contributed by atoms with Gasteiger partial charge in [0.15, 0.2) is 11.5 Å². The molecule has 1 unspecified atom stereocenters. The quantitative estimate of drug-likeness (QED) is 0.288. The molecule has 1 N–H and O–H groups in total. The van der Waals surface area contributed by atoms with Crippen molar-refractivity contribution >= 4 is 17.6 Å². The summed E-state index contributed by atoms with van der Waals surface area (Å²) in [5.74, 6) is -0.632. The molecule has 1 fully saturated rings. The van der Waals surface area contributed by atoms with Crippen LogP contribution in [0.15, 0.2) is 12.1 Å².